The maximum absolute atomic E-state index is 5.65. The lowest BCUT2D eigenvalue weighted by atomic mass is 9.80. The van der Waals surface area contributed by atoms with Crippen LogP contribution in [0.15, 0.2) is 42.7 Å². The van der Waals surface area contributed by atoms with Crippen LogP contribution in [0.3, 0.4) is 0 Å². The molecule has 2 nitrogen and oxygen atoms in total. The van der Waals surface area contributed by atoms with Crippen LogP contribution in [0.1, 0.15) is 36.3 Å². The highest BCUT2D eigenvalue weighted by Gasteiger charge is 2.18. The van der Waals surface area contributed by atoms with E-state index in [1.165, 1.54) is 30.4 Å². The molecule has 18 heavy (non-hydrogen) atoms. The summed E-state index contributed by atoms with van der Waals surface area (Å²) in [4.78, 5) is 4.24. The summed E-state index contributed by atoms with van der Waals surface area (Å²) in [5, 5.41) is 0. The first kappa shape index (κ1) is 11.4. The molecule has 0 saturated heterocycles. The summed E-state index contributed by atoms with van der Waals surface area (Å²) in [6.07, 6.45) is 7.81. The van der Waals surface area contributed by atoms with E-state index >= 15 is 0 Å². The summed E-state index contributed by atoms with van der Waals surface area (Å²) in [6, 6.07) is 11.0. The molecule has 1 aliphatic carbocycles. The molecule has 0 radical (unpaired) electrons. The Morgan fingerprint density at radius 1 is 1.06 bits per heavy atom. The van der Waals surface area contributed by atoms with Gasteiger partial charge in [0.25, 0.3) is 0 Å². The first-order valence-electron chi connectivity index (χ1n) is 6.61. The van der Waals surface area contributed by atoms with Gasteiger partial charge in [0.2, 0.25) is 0 Å². The lowest BCUT2D eigenvalue weighted by molar-refractivity contribution is 0.420. The van der Waals surface area contributed by atoms with Crippen molar-refractivity contribution >= 4 is 0 Å². The number of pyridine rings is 1. The minimum Gasteiger partial charge on any atom is -0.326 e. The minimum absolute atomic E-state index is 0.543. The zero-order chi connectivity index (χ0) is 12.4. The van der Waals surface area contributed by atoms with Crippen molar-refractivity contribution < 1.29 is 0 Å². The van der Waals surface area contributed by atoms with E-state index in [4.69, 9.17) is 5.73 Å². The molecule has 2 heteroatoms. The third-order valence-electron chi connectivity index (χ3n) is 3.85. The van der Waals surface area contributed by atoms with Gasteiger partial charge in [-0.2, -0.15) is 0 Å². The number of hydrogen-bond donors (Lipinski definition) is 1. The Labute approximate surface area is 108 Å². The molecule has 0 spiro atoms. The monoisotopic (exact) mass is 238 g/mol. The number of nitrogens with two attached hydrogens (primary N) is 1. The van der Waals surface area contributed by atoms with Gasteiger partial charge in [-0.3, -0.25) is 4.98 Å². The van der Waals surface area contributed by atoms with Crippen molar-refractivity contribution in [2.75, 3.05) is 0 Å². The largest absolute Gasteiger partial charge is 0.326 e. The van der Waals surface area contributed by atoms with Crippen LogP contribution in [0, 0.1) is 0 Å². The van der Waals surface area contributed by atoms with E-state index in [0.29, 0.717) is 6.54 Å². The van der Waals surface area contributed by atoms with Crippen molar-refractivity contribution in [3.05, 3.63) is 53.9 Å². The Balaban J connectivity index is 1.86. The highest BCUT2D eigenvalue weighted by Crippen LogP contribution is 2.36. The SMILES string of the molecule is NCc1cncc(-c2ccc(C3CCC3)cc2)c1. The van der Waals surface area contributed by atoms with Crippen LogP contribution in [0.5, 0.6) is 0 Å². The van der Waals surface area contributed by atoms with Gasteiger partial charge in [0, 0.05) is 24.5 Å². The highest BCUT2D eigenvalue weighted by molar-refractivity contribution is 5.63. The van der Waals surface area contributed by atoms with Crippen molar-refractivity contribution in [1.29, 1.82) is 0 Å². The zero-order valence-electron chi connectivity index (χ0n) is 10.5. The minimum atomic E-state index is 0.543. The smallest absolute Gasteiger partial charge is 0.0346 e. The van der Waals surface area contributed by atoms with E-state index in [-0.39, 0.29) is 0 Å². The average Bonchev–Trinajstić information content (AvgIpc) is 2.38. The van der Waals surface area contributed by atoms with Crippen molar-refractivity contribution in [2.45, 2.75) is 31.7 Å². The Hall–Kier alpha value is -1.67. The van der Waals surface area contributed by atoms with Gasteiger partial charge in [-0.1, -0.05) is 30.7 Å². The number of rotatable bonds is 3. The maximum atomic E-state index is 5.65. The molecule has 2 aromatic rings. The molecule has 0 atom stereocenters. The van der Waals surface area contributed by atoms with Crippen LogP contribution in [-0.2, 0) is 6.54 Å². The van der Waals surface area contributed by atoms with E-state index in [9.17, 15) is 0 Å². The molecule has 1 aliphatic rings. The second-order valence-electron chi connectivity index (χ2n) is 5.04. The van der Waals surface area contributed by atoms with Crippen molar-refractivity contribution in [3.8, 4) is 11.1 Å². The normalized spacial score (nSPS) is 15.4. The van der Waals surface area contributed by atoms with Gasteiger partial charge in [-0.15, -0.1) is 0 Å². The van der Waals surface area contributed by atoms with Crippen molar-refractivity contribution in [2.24, 2.45) is 5.73 Å². The van der Waals surface area contributed by atoms with Crippen LogP contribution in [0.25, 0.3) is 11.1 Å². The number of benzene rings is 1. The molecule has 1 fully saturated rings. The van der Waals surface area contributed by atoms with E-state index < -0.39 is 0 Å². The quantitative estimate of drug-likeness (QED) is 0.889. The van der Waals surface area contributed by atoms with E-state index in [1.54, 1.807) is 0 Å². The van der Waals surface area contributed by atoms with Crippen LogP contribution < -0.4 is 5.73 Å². The molecule has 2 N–H and O–H groups in total. The Kier molecular flexibility index (Phi) is 3.11. The highest BCUT2D eigenvalue weighted by atomic mass is 14.6. The predicted octanol–water partition coefficient (Wildman–Crippen LogP) is 3.47. The molecule has 0 unspecified atom stereocenters. The molecular formula is C16H18N2. The fourth-order valence-corrected chi connectivity index (χ4v) is 2.45. The Morgan fingerprint density at radius 3 is 2.44 bits per heavy atom. The molecule has 3 rings (SSSR count). The van der Waals surface area contributed by atoms with Crippen LogP contribution >= 0.6 is 0 Å². The second kappa shape index (κ2) is 4.91. The first-order chi connectivity index (χ1) is 8.86. The van der Waals surface area contributed by atoms with Gasteiger partial charge in [0.05, 0.1) is 0 Å². The van der Waals surface area contributed by atoms with Gasteiger partial charge in [-0.05, 0) is 41.5 Å². The van der Waals surface area contributed by atoms with Gasteiger partial charge >= 0.3 is 0 Å². The van der Waals surface area contributed by atoms with Gasteiger partial charge < -0.3 is 5.73 Å². The lowest BCUT2D eigenvalue weighted by Crippen LogP contribution is -2.08. The Bertz CT molecular complexity index is 527. The predicted molar refractivity (Wildman–Crippen MR) is 74.2 cm³/mol. The average molecular weight is 238 g/mol. The standard InChI is InChI=1S/C16H18N2/c17-9-12-8-16(11-18-10-12)15-6-4-14(5-7-15)13-2-1-3-13/h4-8,10-11,13H,1-3,9,17H2. The molecular weight excluding hydrogens is 220 g/mol. The maximum Gasteiger partial charge on any atom is 0.0346 e. The zero-order valence-corrected chi connectivity index (χ0v) is 10.5. The van der Waals surface area contributed by atoms with Crippen LogP contribution in [-0.4, -0.2) is 4.98 Å². The van der Waals surface area contributed by atoms with Crippen molar-refractivity contribution in [1.82, 2.24) is 4.98 Å². The summed E-state index contributed by atoms with van der Waals surface area (Å²) >= 11 is 0. The molecule has 1 aromatic heterocycles. The fraction of sp³-hybridized carbons (Fsp3) is 0.312. The van der Waals surface area contributed by atoms with Crippen LogP contribution in [0.2, 0.25) is 0 Å². The summed E-state index contributed by atoms with van der Waals surface area (Å²) in [5.74, 6) is 0.799. The molecule has 0 bridgehead atoms. The van der Waals surface area contributed by atoms with E-state index in [0.717, 1.165) is 17.0 Å². The van der Waals surface area contributed by atoms with Gasteiger partial charge in [0.15, 0.2) is 0 Å². The molecule has 1 aromatic carbocycles. The Morgan fingerprint density at radius 2 is 1.83 bits per heavy atom. The first-order valence-corrected chi connectivity index (χ1v) is 6.61. The molecule has 1 heterocycles. The molecule has 92 valence electrons. The van der Waals surface area contributed by atoms with Crippen LogP contribution in [0.4, 0.5) is 0 Å². The fourth-order valence-electron chi connectivity index (χ4n) is 2.45. The van der Waals surface area contributed by atoms with E-state index in [1.807, 2.05) is 12.4 Å². The molecule has 0 amide bonds. The third-order valence-corrected chi connectivity index (χ3v) is 3.85. The van der Waals surface area contributed by atoms with Gasteiger partial charge in [-0.25, -0.2) is 0 Å². The molecule has 0 aliphatic heterocycles. The summed E-state index contributed by atoms with van der Waals surface area (Å²) in [5.41, 5.74) is 10.6. The molecule has 1 saturated carbocycles. The van der Waals surface area contributed by atoms with Crippen molar-refractivity contribution in [3.63, 3.8) is 0 Å². The third kappa shape index (κ3) is 2.16. The van der Waals surface area contributed by atoms with E-state index in [2.05, 4.69) is 35.3 Å². The number of aromatic nitrogens is 1. The lowest BCUT2D eigenvalue weighted by Gasteiger charge is -2.25. The van der Waals surface area contributed by atoms with Gasteiger partial charge in [0.1, 0.15) is 0 Å². The summed E-state index contributed by atoms with van der Waals surface area (Å²) < 4.78 is 0. The second-order valence-corrected chi connectivity index (χ2v) is 5.04. The summed E-state index contributed by atoms with van der Waals surface area (Å²) in [7, 11) is 0. The summed E-state index contributed by atoms with van der Waals surface area (Å²) in [6.45, 7) is 0.543. The number of nitrogens with zero attached hydrogens (tertiary/aromatic N) is 1. The topological polar surface area (TPSA) is 38.9 Å². The number of hydrogen-bond acceptors (Lipinski definition) is 2.